The second-order valence-electron chi connectivity index (χ2n) is 8.93. The predicted molar refractivity (Wildman–Crippen MR) is 136 cm³/mol. The molecule has 0 bridgehead atoms. The van der Waals surface area contributed by atoms with Gasteiger partial charge in [-0.15, -0.1) is 0 Å². The van der Waals surface area contributed by atoms with Crippen LogP contribution in [0.1, 0.15) is 49.5 Å². The third-order valence-corrected chi connectivity index (χ3v) is 6.98. The average molecular weight is 446 g/mol. The summed E-state index contributed by atoms with van der Waals surface area (Å²) in [7, 11) is 0. The van der Waals surface area contributed by atoms with Gasteiger partial charge in [0.05, 0.1) is 5.54 Å². The molecule has 0 amide bonds. The maximum Gasteiger partial charge on any atom is 0.142 e. The van der Waals surface area contributed by atoms with Crippen LogP contribution in [-0.4, -0.2) is 17.0 Å². The van der Waals surface area contributed by atoms with E-state index in [2.05, 4.69) is 55.1 Å². The van der Waals surface area contributed by atoms with Gasteiger partial charge in [0.1, 0.15) is 11.9 Å². The van der Waals surface area contributed by atoms with E-state index in [1.54, 1.807) is 0 Å². The molecule has 0 spiro atoms. The highest BCUT2D eigenvalue weighted by Gasteiger charge is 2.35. The number of rotatable bonds is 10. The highest BCUT2D eigenvalue weighted by atomic mass is 32.2. The monoisotopic (exact) mass is 445 g/mol. The summed E-state index contributed by atoms with van der Waals surface area (Å²) >= 11 is 1.82. The Labute approximate surface area is 195 Å². The number of nitrogens with one attached hydrogen (secondary N) is 3. The summed E-state index contributed by atoms with van der Waals surface area (Å²) < 4.78 is 10.2. The molecule has 1 unspecified atom stereocenters. The maximum absolute atomic E-state index is 7.93. The Morgan fingerprint density at radius 3 is 2.41 bits per heavy atom. The molecule has 1 aliphatic carbocycles. The molecular formula is C27H31N3OS. The van der Waals surface area contributed by atoms with Gasteiger partial charge < -0.3 is 15.5 Å². The van der Waals surface area contributed by atoms with E-state index < -0.39 is 0 Å². The van der Waals surface area contributed by atoms with Crippen LogP contribution in [0.25, 0.3) is 0 Å². The first kappa shape index (κ1) is 22.4. The molecule has 0 saturated heterocycles. The Bertz CT molecular complexity index is 1050. The molecule has 1 aliphatic rings. The molecule has 1 atom stereocenters. The molecule has 1 saturated carbocycles. The minimum absolute atomic E-state index is 0.176. The van der Waals surface area contributed by atoms with E-state index >= 15 is 0 Å². The zero-order valence-corrected chi connectivity index (χ0v) is 19.7. The van der Waals surface area contributed by atoms with Gasteiger partial charge in [-0.25, -0.2) is 0 Å². The Hall–Kier alpha value is -2.76. The quantitative estimate of drug-likeness (QED) is 0.231. The van der Waals surface area contributed by atoms with E-state index in [1.807, 2.05) is 60.5 Å². The summed E-state index contributed by atoms with van der Waals surface area (Å²) in [6, 6.07) is 24.5. The molecule has 3 aromatic carbocycles. The van der Waals surface area contributed by atoms with Crippen molar-refractivity contribution in [2.75, 3.05) is 5.32 Å². The lowest BCUT2D eigenvalue weighted by Crippen LogP contribution is -2.44. The largest absolute Gasteiger partial charge is 0.484 e. The van der Waals surface area contributed by atoms with Crippen molar-refractivity contribution in [1.29, 1.82) is 5.41 Å². The third-order valence-electron chi connectivity index (χ3n) is 5.53. The van der Waals surface area contributed by atoms with Crippen molar-refractivity contribution < 1.29 is 4.74 Å². The van der Waals surface area contributed by atoms with Crippen molar-refractivity contribution >= 4 is 29.5 Å². The third kappa shape index (κ3) is 5.72. The zero-order valence-electron chi connectivity index (χ0n) is 18.9. The van der Waals surface area contributed by atoms with Crippen molar-refractivity contribution in [3.8, 4) is 5.75 Å². The zero-order chi connectivity index (χ0) is 22.6. The molecule has 4 nitrogen and oxygen atoms in total. The van der Waals surface area contributed by atoms with Gasteiger partial charge in [-0.3, -0.25) is 4.72 Å². The number of benzene rings is 3. The first-order chi connectivity index (χ1) is 15.4. The minimum atomic E-state index is -0.279. The molecule has 3 aromatic rings. The number of anilines is 2. The molecule has 3 N–H and O–H groups in total. The van der Waals surface area contributed by atoms with Crippen LogP contribution < -0.4 is 14.8 Å². The molecule has 0 heterocycles. The van der Waals surface area contributed by atoms with Crippen LogP contribution in [0.15, 0.2) is 72.8 Å². The molecule has 166 valence electrons. The van der Waals surface area contributed by atoms with Gasteiger partial charge in [-0.05, 0) is 69.5 Å². The van der Waals surface area contributed by atoms with Gasteiger partial charge in [-0.2, -0.15) is 0 Å². The molecule has 0 aromatic heterocycles. The summed E-state index contributed by atoms with van der Waals surface area (Å²) in [6.07, 6.45) is 3.75. The van der Waals surface area contributed by atoms with Crippen molar-refractivity contribution in [1.82, 2.24) is 4.72 Å². The van der Waals surface area contributed by atoms with Gasteiger partial charge >= 0.3 is 0 Å². The summed E-state index contributed by atoms with van der Waals surface area (Å²) in [5, 5.41) is 12.1. The Morgan fingerprint density at radius 1 is 1.03 bits per heavy atom. The minimum Gasteiger partial charge on any atom is -0.484 e. The van der Waals surface area contributed by atoms with Gasteiger partial charge in [0.25, 0.3) is 0 Å². The van der Waals surface area contributed by atoms with Crippen LogP contribution in [-0.2, 0) is 0 Å². The first-order valence-electron chi connectivity index (χ1n) is 11.1. The second-order valence-corrected chi connectivity index (χ2v) is 10.0. The molecule has 32 heavy (non-hydrogen) atoms. The highest BCUT2D eigenvalue weighted by molar-refractivity contribution is 7.98. The maximum atomic E-state index is 7.93. The summed E-state index contributed by atoms with van der Waals surface area (Å²) in [5.41, 5.74) is 4.73. The Balaban J connectivity index is 1.57. The number of hydrogen-bond acceptors (Lipinski definition) is 5. The van der Waals surface area contributed by atoms with E-state index in [-0.39, 0.29) is 11.6 Å². The predicted octanol–water partition coefficient (Wildman–Crippen LogP) is 7.04. The Kier molecular flexibility index (Phi) is 6.87. The van der Waals surface area contributed by atoms with E-state index in [1.165, 1.54) is 24.6 Å². The van der Waals surface area contributed by atoms with Gasteiger partial charge in [0, 0.05) is 28.4 Å². The smallest absolute Gasteiger partial charge is 0.142 e. The number of aryl methyl sites for hydroxylation is 1. The van der Waals surface area contributed by atoms with E-state index in [4.69, 9.17) is 10.1 Å². The lowest BCUT2D eigenvalue weighted by atomic mass is 9.92. The highest BCUT2D eigenvalue weighted by Crippen LogP contribution is 2.38. The molecule has 1 fully saturated rings. The molecule has 0 radical (unpaired) electrons. The molecule has 5 heteroatoms. The summed E-state index contributed by atoms with van der Waals surface area (Å²) in [5.74, 6) is 0.748. The van der Waals surface area contributed by atoms with Crippen LogP contribution in [0.5, 0.6) is 5.75 Å². The van der Waals surface area contributed by atoms with Crippen LogP contribution in [0.3, 0.4) is 0 Å². The molecular weight excluding hydrogens is 414 g/mol. The van der Waals surface area contributed by atoms with Gasteiger partial charge in [-0.1, -0.05) is 60.0 Å². The lowest BCUT2D eigenvalue weighted by Gasteiger charge is -2.35. The van der Waals surface area contributed by atoms with Gasteiger partial charge in [0.2, 0.25) is 0 Å². The number of ether oxygens (including phenoxy) is 1. The summed E-state index contributed by atoms with van der Waals surface area (Å²) in [4.78, 5) is 0. The standard InChI is InChI=1S/C27H31N3OS/c1-19-9-11-22(12-10-19)29-25-16-13-23(17-21(25)18-28)31-26(20-7-5-4-6-8-20)27(2,3)30-32-24-14-15-24/h4-13,16-18,24,26,28-30H,14-15H2,1-3H3. The van der Waals surface area contributed by atoms with E-state index in [0.29, 0.717) is 5.25 Å². The van der Waals surface area contributed by atoms with Crippen LogP contribution in [0.2, 0.25) is 0 Å². The van der Waals surface area contributed by atoms with Gasteiger partial charge in [0.15, 0.2) is 0 Å². The SMILES string of the molecule is Cc1ccc(Nc2ccc(OC(c3ccccc3)C(C)(C)NSC3CC3)cc2C=N)cc1. The van der Waals surface area contributed by atoms with E-state index in [9.17, 15) is 0 Å². The fraction of sp³-hybridized carbons (Fsp3) is 0.296. The van der Waals surface area contributed by atoms with Crippen LogP contribution in [0, 0.1) is 12.3 Å². The van der Waals surface area contributed by atoms with Crippen molar-refractivity contribution in [3.63, 3.8) is 0 Å². The fourth-order valence-electron chi connectivity index (χ4n) is 3.51. The lowest BCUT2D eigenvalue weighted by molar-refractivity contribution is 0.121. The first-order valence-corrected chi connectivity index (χ1v) is 12.0. The average Bonchev–Trinajstić information content (AvgIpc) is 3.63. The van der Waals surface area contributed by atoms with Crippen molar-refractivity contribution in [2.24, 2.45) is 0 Å². The topological polar surface area (TPSA) is 57.1 Å². The van der Waals surface area contributed by atoms with Crippen LogP contribution in [0.4, 0.5) is 11.4 Å². The van der Waals surface area contributed by atoms with Crippen molar-refractivity contribution in [2.45, 2.75) is 50.5 Å². The number of hydrogen-bond donors (Lipinski definition) is 3. The normalized spacial score (nSPS) is 14.6. The molecule has 0 aliphatic heterocycles. The second kappa shape index (κ2) is 9.80. The molecule has 4 rings (SSSR count). The van der Waals surface area contributed by atoms with E-state index in [0.717, 1.165) is 28.3 Å². The summed E-state index contributed by atoms with van der Waals surface area (Å²) in [6.45, 7) is 6.44. The fourth-order valence-corrected chi connectivity index (χ4v) is 4.46. The van der Waals surface area contributed by atoms with Crippen LogP contribution >= 0.6 is 11.9 Å². The Morgan fingerprint density at radius 2 is 1.75 bits per heavy atom. The van der Waals surface area contributed by atoms with Crippen molar-refractivity contribution in [3.05, 3.63) is 89.5 Å².